The number of urea groups is 1. The standard InChI is InChI=1S/C10H20N2O3/c1-6(2)5-8(12-10(11)14)9(13)15-7(3)4/h6-8H,5H2,1-4H3,(H3,11,12,14)/t8-/m0/s1. The summed E-state index contributed by atoms with van der Waals surface area (Å²) >= 11 is 0. The Kier molecular flexibility index (Phi) is 5.74. The molecule has 0 saturated heterocycles. The molecule has 0 rings (SSSR count). The number of hydrogen-bond acceptors (Lipinski definition) is 3. The van der Waals surface area contributed by atoms with E-state index in [1.54, 1.807) is 13.8 Å². The maximum absolute atomic E-state index is 11.5. The van der Waals surface area contributed by atoms with Crippen LogP contribution < -0.4 is 11.1 Å². The quantitative estimate of drug-likeness (QED) is 0.673. The second kappa shape index (κ2) is 6.27. The van der Waals surface area contributed by atoms with Crippen molar-refractivity contribution in [1.82, 2.24) is 5.32 Å². The lowest BCUT2D eigenvalue weighted by Crippen LogP contribution is -2.45. The Hall–Kier alpha value is -1.26. The molecule has 0 aromatic heterocycles. The molecule has 0 aliphatic heterocycles. The third-order valence-electron chi connectivity index (χ3n) is 1.66. The summed E-state index contributed by atoms with van der Waals surface area (Å²) in [5.41, 5.74) is 4.98. The molecule has 2 amide bonds. The molecule has 0 aromatic carbocycles. The summed E-state index contributed by atoms with van der Waals surface area (Å²) in [6.07, 6.45) is 0.330. The average molecular weight is 216 g/mol. The third kappa shape index (κ3) is 6.76. The zero-order chi connectivity index (χ0) is 12.0. The van der Waals surface area contributed by atoms with Crippen molar-refractivity contribution in [3.05, 3.63) is 0 Å². The molecule has 0 fully saturated rings. The average Bonchev–Trinajstić information content (AvgIpc) is 1.99. The number of amides is 2. The topological polar surface area (TPSA) is 81.4 Å². The van der Waals surface area contributed by atoms with E-state index in [0.29, 0.717) is 6.42 Å². The Morgan fingerprint density at radius 2 is 1.80 bits per heavy atom. The van der Waals surface area contributed by atoms with E-state index in [0.717, 1.165) is 0 Å². The van der Waals surface area contributed by atoms with Crippen LogP contribution in [0.5, 0.6) is 0 Å². The predicted molar refractivity (Wildman–Crippen MR) is 57.2 cm³/mol. The zero-order valence-electron chi connectivity index (χ0n) is 9.74. The van der Waals surface area contributed by atoms with Gasteiger partial charge < -0.3 is 15.8 Å². The van der Waals surface area contributed by atoms with Crippen LogP contribution in [0.4, 0.5) is 4.79 Å². The molecule has 15 heavy (non-hydrogen) atoms. The molecule has 0 heterocycles. The van der Waals surface area contributed by atoms with Gasteiger partial charge in [-0.15, -0.1) is 0 Å². The highest BCUT2D eigenvalue weighted by Gasteiger charge is 2.23. The Labute approximate surface area is 90.4 Å². The molecule has 0 aromatic rings. The number of ether oxygens (including phenoxy) is 1. The van der Waals surface area contributed by atoms with Crippen molar-refractivity contribution in [3.63, 3.8) is 0 Å². The van der Waals surface area contributed by atoms with Gasteiger partial charge in [-0.25, -0.2) is 9.59 Å². The van der Waals surface area contributed by atoms with Crippen LogP contribution >= 0.6 is 0 Å². The normalized spacial score (nSPS) is 12.7. The first-order chi connectivity index (χ1) is 6.82. The predicted octanol–water partition coefficient (Wildman–Crippen LogP) is 1.02. The molecule has 0 spiro atoms. The molecule has 0 radical (unpaired) electrons. The van der Waals surface area contributed by atoms with E-state index in [1.165, 1.54) is 0 Å². The maximum atomic E-state index is 11.5. The summed E-state index contributed by atoms with van der Waals surface area (Å²) in [7, 11) is 0. The second-order valence-electron chi connectivity index (χ2n) is 4.18. The van der Waals surface area contributed by atoms with Gasteiger partial charge in [-0.05, 0) is 26.2 Å². The fraction of sp³-hybridized carbons (Fsp3) is 0.800. The van der Waals surface area contributed by atoms with Crippen LogP contribution in [0, 0.1) is 5.92 Å². The van der Waals surface area contributed by atoms with Gasteiger partial charge in [-0.3, -0.25) is 0 Å². The maximum Gasteiger partial charge on any atom is 0.328 e. The molecule has 0 saturated carbocycles. The fourth-order valence-electron chi connectivity index (χ4n) is 1.17. The lowest BCUT2D eigenvalue weighted by atomic mass is 10.0. The number of esters is 1. The molecule has 0 aliphatic rings. The van der Waals surface area contributed by atoms with Crippen LogP contribution in [0.25, 0.3) is 0 Å². The number of nitrogens with one attached hydrogen (secondary N) is 1. The van der Waals surface area contributed by atoms with Crippen molar-refractivity contribution in [2.24, 2.45) is 11.7 Å². The zero-order valence-corrected chi connectivity index (χ0v) is 9.74. The van der Waals surface area contributed by atoms with Gasteiger partial charge in [0.05, 0.1) is 6.10 Å². The van der Waals surface area contributed by atoms with E-state index in [1.807, 2.05) is 13.8 Å². The van der Waals surface area contributed by atoms with Gasteiger partial charge >= 0.3 is 12.0 Å². The van der Waals surface area contributed by atoms with Crippen molar-refractivity contribution in [2.45, 2.75) is 46.3 Å². The first-order valence-corrected chi connectivity index (χ1v) is 5.09. The molecule has 0 aliphatic carbocycles. The lowest BCUT2D eigenvalue weighted by Gasteiger charge is -2.19. The Bertz CT molecular complexity index is 227. The highest BCUT2D eigenvalue weighted by Crippen LogP contribution is 2.07. The molecule has 3 N–H and O–H groups in total. The summed E-state index contributed by atoms with van der Waals surface area (Å²) in [6.45, 7) is 7.43. The monoisotopic (exact) mass is 216 g/mol. The van der Waals surface area contributed by atoms with Gasteiger partial charge in [-0.1, -0.05) is 13.8 Å². The van der Waals surface area contributed by atoms with Crippen molar-refractivity contribution < 1.29 is 14.3 Å². The van der Waals surface area contributed by atoms with Gasteiger partial charge in [0.2, 0.25) is 0 Å². The highest BCUT2D eigenvalue weighted by atomic mass is 16.5. The van der Waals surface area contributed by atoms with E-state index in [-0.39, 0.29) is 12.0 Å². The summed E-state index contributed by atoms with van der Waals surface area (Å²) in [5, 5.41) is 2.38. The SMILES string of the molecule is CC(C)C[C@H](NC(N)=O)C(=O)OC(C)C. The van der Waals surface area contributed by atoms with Gasteiger partial charge in [-0.2, -0.15) is 0 Å². The number of carbonyl (C=O) groups excluding carboxylic acids is 2. The molecule has 1 atom stereocenters. The molecule has 0 unspecified atom stereocenters. The Morgan fingerprint density at radius 1 is 1.27 bits per heavy atom. The van der Waals surface area contributed by atoms with Crippen LogP contribution in [0.15, 0.2) is 0 Å². The third-order valence-corrected chi connectivity index (χ3v) is 1.66. The molecular weight excluding hydrogens is 196 g/mol. The molecule has 0 bridgehead atoms. The Morgan fingerprint density at radius 3 is 2.13 bits per heavy atom. The molecule has 88 valence electrons. The minimum atomic E-state index is -0.707. The van der Waals surface area contributed by atoms with Gasteiger partial charge in [0, 0.05) is 0 Å². The largest absolute Gasteiger partial charge is 0.461 e. The van der Waals surface area contributed by atoms with Crippen molar-refractivity contribution >= 4 is 12.0 Å². The Balaban J connectivity index is 4.33. The summed E-state index contributed by atoms with van der Waals surface area (Å²) in [4.78, 5) is 22.2. The molecular formula is C10H20N2O3. The van der Waals surface area contributed by atoms with Crippen molar-refractivity contribution in [2.75, 3.05) is 0 Å². The van der Waals surface area contributed by atoms with Crippen LogP contribution in [0.2, 0.25) is 0 Å². The highest BCUT2D eigenvalue weighted by molar-refractivity contribution is 5.82. The van der Waals surface area contributed by atoms with Crippen molar-refractivity contribution in [1.29, 1.82) is 0 Å². The first kappa shape index (κ1) is 13.7. The number of nitrogens with two attached hydrogens (primary N) is 1. The van der Waals surface area contributed by atoms with E-state index < -0.39 is 18.0 Å². The summed E-state index contributed by atoms with van der Waals surface area (Å²) < 4.78 is 5.00. The van der Waals surface area contributed by atoms with E-state index in [4.69, 9.17) is 10.5 Å². The number of primary amides is 1. The smallest absolute Gasteiger partial charge is 0.328 e. The van der Waals surface area contributed by atoms with Gasteiger partial charge in [0.1, 0.15) is 6.04 Å². The van der Waals surface area contributed by atoms with Crippen LogP contribution in [0.3, 0.4) is 0 Å². The van der Waals surface area contributed by atoms with E-state index in [2.05, 4.69) is 5.32 Å². The van der Waals surface area contributed by atoms with E-state index >= 15 is 0 Å². The summed E-state index contributed by atoms with van der Waals surface area (Å²) in [5.74, 6) is -0.154. The molecule has 5 nitrogen and oxygen atoms in total. The van der Waals surface area contributed by atoms with Crippen LogP contribution in [0.1, 0.15) is 34.1 Å². The minimum Gasteiger partial charge on any atom is -0.461 e. The van der Waals surface area contributed by atoms with Crippen LogP contribution in [-0.4, -0.2) is 24.1 Å². The second-order valence-corrected chi connectivity index (χ2v) is 4.18. The first-order valence-electron chi connectivity index (χ1n) is 5.09. The van der Waals surface area contributed by atoms with Crippen molar-refractivity contribution in [3.8, 4) is 0 Å². The number of carbonyl (C=O) groups is 2. The fourth-order valence-corrected chi connectivity index (χ4v) is 1.17. The number of rotatable bonds is 5. The molecule has 5 heteroatoms. The number of hydrogen-bond donors (Lipinski definition) is 2. The van der Waals surface area contributed by atoms with Gasteiger partial charge in [0.25, 0.3) is 0 Å². The minimum absolute atomic E-state index is 0.193. The summed E-state index contributed by atoms with van der Waals surface area (Å²) in [6, 6.07) is -1.36. The lowest BCUT2D eigenvalue weighted by molar-refractivity contribution is -0.150. The van der Waals surface area contributed by atoms with E-state index in [9.17, 15) is 9.59 Å². The van der Waals surface area contributed by atoms with Crippen LogP contribution in [-0.2, 0) is 9.53 Å². The van der Waals surface area contributed by atoms with Gasteiger partial charge in [0.15, 0.2) is 0 Å².